The number of carbonyl (C=O) groups is 2. The second-order valence-corrected chi connectivity index (χ2v) is 6.31. The molecule has 0 spiro atoms. The summed E-state index contributed by atoms with van der Waals surface area (Å²) in [7, 11) is 0. The van der Waals surface area contributed by atoms with Crippen LogP contribution < -0.4 is 5.32 Å². The summed E-state index contributed by atoms with van der Waals surface area (Å²) in [6.07, 6.45) is 4.11. The number of aryl methyl sites for hydroxylation is 1. The SMILES string of the molecule is O=C1CC[C@H](C(=O)N2CCC(OCCCc3ccccc3)C2)N1. The van der Waals surface area contributed by atoms with Crippen LogP contribution in [0, 0.1) is 0 Å². The molecule has 1 N–H and O–H groups in total. The molecule has 3 rings (SSSR count). The lowest BCUT2D eigenvalue weighted by atomic mass is 10.1. The van der Waals surface area contributed by atoms with Crippen molar-refractivity contribution in [1.82, 2.24) is 10.2 Å². The van der Waals surface area contributed by atoms with Gasteiger partial charge in [-0.15, -0.1) is 0 Å². The Bertz CT molecular complexity index is 546. The zero-order valence-corrected chi connectivity index (χ0v) is 13.4. The fraction of sp³-hybridized carbons (Fsp3) is 0.556. The highest BCUT2D eigenvalue weighted by Crippen LogP contribution is 2.17. The first kappa shape index (κ1) is 16.0. The van der Waals surface area contributed by atoms with Crippen molar-refractivity contribution < 1.29 is 14.3 Å². The first-order valence-corrected chi connectivity index (χ1v) is 8.46. The highest BCUT2D eigenvalue weighted by molar-refractivity contribution is 5.90. The summed E-state index contributed by atoms with van der Waals surface area (Å²) in [6.45, 7) is 2.10. The zero-order chi connectivity index (χ0) is 16.1. The average Bonchev–Trinajstić information content (AvgIpc) is 3.21. The largest absolute Gasteiger partial charge is 0.376 e. The van der Waals surface area contributed by atoms with Gasteiger partial charge in [-0.25, -0.2) is 0 Å². The number of likely N-dealkylation sites (tertiary alicyclic amines) is 1. The van der Waals surface area contributed by atoms with Gasteiger partial charge in [-0.2, -0.15) is 0 Å². The fourth-order valence-electron chi connectivity index (χ4n) is 3.26. The van der Waals surface area contributed by atoms with Gasteiger partial charge >= 0.3 is 0 Å². The summed E-state index contributed by atoms with van der Waals surface area (Å²) < 4.78 is 5.91. The van der Waals surface area contributed by atoms with Crippen molar-refractivity contribution in [2.75, 3.05) is 19.7 Å². The van der Waals surface area contributed by atoms with Crippen molar-refractivity contribution >= 4 is 11.8 Å². The quantitative estimate of drug-likeness (QED) is 0.810. The molecule has 5 nitrogen and oxygen atoms in total. The third-order valence-electron chi connectivity index (χ3n) is 4.56. The van der Waals surface area contributed by atoms with Crippen LogP contribution in [0.4, 0.5) is 0 Å². The van der Waals surface area contributed by atoms with Crippen molar-refractivity contribution in [2.45, 2.75) is 44.2 Å². The normalized spacial score (nSPS) is 24.0. The Balaban J connectivity index is 1.35. The van der Waals surface area contributed by atoms with E-state index in [0.29, 0.717) is 19.4 Å². The summed E-state index contributed by atoms with van der Waals surface area (Å²) in [5, 5.41) is 2.74. The Hall–Kier alpha value is -1.88. The smallest absolute Gasteiger partial charge is 0.245 e. The molecule has 2 fully saturated rings. The number of nitrogens with zero attached hydrogens (tertiary/aromatic N) is 1. The van der Waals surface area contributed by atoms with E-state index in [4.69, 9.17) is 4.74 Å². The molecule has 0 aromatic heterocycles. The summed E-state index contributed by atoms with van der Waals surface area (Å²) in [6, 6.07) is 10.1. The van der Waals surface area contributed by atoms with E-state index < -0.39 is 0 Å². The lowest BCUT2D eigenvalue weighted by molar-refractivity contribution is -0.133. The van der Waals surface area contributed by atoms with Gasteiger partial charge in [0, 0.05) is 26.1 Å². The molecule has 2 amide bonds. The van der Waals surface area contributed by atoms with E-state index in [1.54, 1.807) is 0 Å². The first-order chi connectivity index (χ1) is 11.2. The minimum Gasteiger partial charge on any atom is -0.376 e. The predicted molar refractivity (Wildman–Crippen MR) is 86.9 cm³/mol. The summed E-state index contributed by atoms with van der Waals surface area (Å²) in [5.41, 5.74) is 1.33. The monoisotopic (exact) mass is 316 g/mol. The molecule has 2 aliphatic heterocycles. The Labute approximate surface area is 137 Å². The number of rotatable bonds is 6. The predicted octanol–water partition coefficient (Wildman–Crippen LogP) is 1.52. The maximum absolute atomic E-state index is 12.3. The Morgan fingerprint density at radius 1 is 1.26 bits per heavy atom. The number of carbonyl (C=O) groups excluding carboxylic acids is 2. The van der Waals surface area contributed by atoms with Gasteiger partial charge in [0.2, 0.25) is 11.8 Å². The molecular formula is C18H24N2O3. The minimum atomic E-state index is -0.320. The molecule has 0 saturated carbocycles. The lowest BCUT2D eigenvalue weighted by Gasteiger charge is -2.20. The van der Waals surface area contributed by atoms with Crippen LogP contribution in [-0.4, -0.2) is 48.6 Å². The fourth-order valence-corrected chi connectivity index (χ4v) is 3.26. The number of ether oxygens (including phenoxy) is 1. The van der Waals surface area contributed by atoms with Gasteiger partial charge in [-0.1, -0.05) is 30.3 Å². The Morgan fingerprint density at radius 2 is 2.09 bits per heavy atom. The van der Waals surface area contributed by atoms with Gasteiger partial charge < -0.3 is 15.0 Å². The van der Waals surface area contributed by atoms with E-state index in [1.807, 2.05) is 11.0 Å². The van der Waals surface area contributed by atoms with E-state index in [0.717, 1.165) is 32.4 Å². The van der Waals surface area contributed by atoms with Crippen LogP contribution in [0.3, 0.4) is 0 Å². The number of nitrogens with one attached hydrogen (secondary N) is 1. The van der Waals surface area contributed by atoms with Crippen molar-refractivity contribution in [3.8, 4) is 0 Å². The van der Waals surface area contributed by atoms with E-state index in [1.165, 1.54) is 5.56 Å². The third kappa shape index (κ3) is 4.32. The topological polar surface area (TPSA) is 58.6 Å². The van der Waals surface area contributed by atoms with Crippen LogP contribution in [0.15, 0.2) is 30.3 Å². The maximum Gasteiger partial charge on any atom is 0.245 e. The molecule has 0 radical (unpaired) electrons. The minimum absolute atomic E-state index is 0.0174. The molecule has 1 unspecified atom stereocenters. The van der Waals surface area contributed by atoms with E-state index in [2.05, 4.69) is 29.6 Å². The van der Waals surface area contributed by atoms with E-state index in [-0.39, 0.29) is 24.0 Å². The number of benzene rings is 1. The summed E-state index contributed by atoms with van der Waals surface area (Å²) >= 11 is 0. The number of amides is 2. The van der Waals surface area contributed by atoms with E-state index in [9.17, 15) is 9.59 Å². The number of hydrogen-bond donors (Lipinski definition) is 1. The molecule has 23 heavy (non-hydrogen) atoms. The molecule has 5 heteroatoms. The van der Waals surface area contributed by atoms with Gasteiger partial charge in [-0.05, 0) is 31.2 Å². The first-order valence-electron chi connectivity index (χ1n) is 8.46. The standard InChI is InChI=1S/C18H24N2O3/c21-17-9-8-16(19-17)18(22)20-11-10-15(13-20)23-12-4-7-14-5-2-1-3-6-14/h1-3,5-6,15-16H,4,7-13H2,(H,19,21)/t15?,16-/m1/s1. The Kier molecular flexibility index (Phi) is 5.28. The molecule has 2 atom stereocenters. The molecule has 2 aliphatic rings. The van der Waals surface area contributed by atoms with Crippen LogP contribution in [-0.2, 0) is 20.7 Å². The van der Waals surface area contributed by atoms with Gasteiger partial charge in [0.05, 0.1) is 6.10 Å². The van der Waals surface area contributed by atoms with Crippen molar-refractivity contribution in [1.29, 1.82) is 0 Å². The van der Waals surface area contributed by atoms with Crippen molar-refractivity contribution in [3.05, 3.63) is 35.9 Å². The highest BCUT2D eigenvalue weighted by Gasteiger charge is 2.34. The van der Waals surface area contributed by atoms with E-state index >= 15 is 0 Å². The second-order valence-electron chi connectivity index (χ2n) is 6.31. The lowest BCUT2D eigenvalue weighted by Crippen LogP contribution is -2.43. The van der Waals surface area contributed by atoms with Crippen LogP contribution >= 0.6 is 0 Å². The molecule has 1 aromatic carbocycles. The maximum atomic E-state index is 12.3. The number of hydrogen-bond acceptors (Lipinski definition) is 3. The second kappa shape index (κ2) is 7.59. The molecule has 124 valence electrons. The molecule has 1 aromatic rings. The van der Waals surface area contributed by atoms with Crippen LogP contribution in [0.1, 0.15) is 31.2 Å². The van der Waals surface area contributed by atoms with Crippen molar-refractivity contribution in [2.24, 2.45) is 0 Å². The van der Waals surface area contributed by atoms with Gasteiger partial charge in [0.1, 0.15) is 6.04 Å². The molecular weight excluding hydrogens is 292 g/mol. The van der Waals surface area contributed by atoms with Gasteiger partial charge in [0.25, 0.3) is 0 Å². The highest BCUT2D eigenvalue weighted by atomic mass is 16.5. The van der Waals surface area contributed by atoms with Gasteiger partial charge in [-0.3, -0.25) is 9.59 Å². The molecule has 0 bridgehead atoms. The summed E-state index contributed by atoms with van der Waals surface area (Å²) in [5.74, 6) is 0.0301. The van der Waals surface area contributed by atoms with Gasteiger partial charge in [0.15, 0.2) is 0 Å². The molecule has 0 aliphatic carbocycles. The van der Waals surface area contributed by atoms with Crippen LogP contribution in [0.25, 0.3) is 0 Å². The van der Waals surface area contributed by atoms with Crippen LogP contribution in [0.2, 0.25) is 0 Å². The zero-order valence-electron chi connectivity index (χ0n) is 13.4. The van der Waals surface area contributed by atoms with Crippen LogP contribution in [0.5, 0.6) is 0 Å². The van der Waals surface area contributed by atoms with Crippen molar-refractivity contribution in [3.63, 3.8) is 0 Å². The Morgan fingerprint density at radius 3 is 2.83 bits per heavy atom. The molecule has 2 saturated heterocycles. The average molecular weight is 316 g/mol. The summed E-state index contributed by atoms with van der Waals surface area (Å²) in [4.78, 5) is 25.4. The molecule has 2 heterocycles. The third-order valence-corrected chi connectivity index (χ3v) is 4.56.